The molecule has 9 heteroatoms. The first-order valence-corrected chi connectivity index (χ1v) is 8.42. The molecule has 3 aromatic rings. The molecule has 0 fully saturated rings. The Morgan fingerprint density at radius 1 is 1.19 bits per heavy atom. The Morgan fingerprint density at radius 2 is 1.96 bits per heavy atom. The number of carbonyl (C=O) groups is 1. The van der Waals surface area contributed by atoms with E-state index in [4.69, 9.17) is 9.47 Å². The van der Waals surface area contributed by atoms with Crippen LogP contribution < -0.4 is 10.3 Å². The molecule has 0 saturated carbocycles. The highest BCUT2D eigenvalue weighted by atomic mass is 32.1. The van der Waals surface area contributed by atoms with Crippen molar-refractivity contribution in [1.29, 1.82) is 0 Å². The van der Waals surface area contributed by atoms with Crippen LogP contribution in [0.3, 0.4) is 0 Å². The summed E-state index contributed by atoms with van der Waals surface area (Å²) < 4.78 is 24.6. The summed E-state index contributed by atoms with van der Waals surface area (Å²) in [4.78, 5) is 27.5. The lowest BCUT2D eigenvalue weighted by molar-refractivity contribution is 0.0458. The minimum Gasteiger partial charge on any atom is -0.486 e. The molecule has 26 heavy (non-hydrogen) atoms. The van der Waals surface area contributed by atoms with Crippen molar-refractivity contribution in [3.63, 3.8) is 0 Å². The number of carbonyl (C=O) groups excluding carboxylic acids is 1. The Labute approximate surface area is 151 Å². The van der Waals surface area contributed by atoms with Crippen molar-refractivity contribution in [3.8, 4) is 5.75 Å². The van der Waals surface area contributed by atoms with E-state index in [1.807, 2.05) is 0 Å². The van der Waals surface area contributed by atoms with Crippen LogP contribution in [-0.2, 0) is 25.0 Å². The standard InChI is InChI=1S/C17H14FN3O4S/c1-21-16(22)7-6-14(20-21)17(23)25-8-12-10-26-15(19-12)9-24-13-4-2-11(18)3-5-13/h2-7,10H,8-9H2,1H3. The van der Waals surface area contributed by atoms with Crippen LogP contribution in [0.15, 0.2) is 46.6 Å². The Kier molecular flexibility index (Phi) is 5.37. The normalized spacial score (nSPS) is 10.5. The molecule has 0 aliphatic carbocycles. The molecule has 0 unspecified atom stereocenters. The highest BCUT2D eigenvalue weighted by molar-refractivity contribution is 7.09. The van der Waals surface area contributed by atoms with Gasteiger partial charge in [0.1, 0.15) is 29.8 Å². The van der Waals surface area contributed by atoms with E-state index < -0.39 is 5.97 Å². The Balaban J connectivity index is 1.53. The number of ether oxygens (including phenoxy) is 2. The molecule has 0 radical (unpaired) electrons. The van der Waals surface area contributed by atoms with Crippen molar-refractivity contribution in [2.24, 2.45) is 7.05 Å². The molecule has 0 amide bonds. The molecule has 0 N–H and O–H groups in total. The largest absolute Gasteiger partial charge is 0.486 e. The molecule has 0 bridgehead atoms. The maximum atomic E-state index is 12.8. The second-order valence-corrected chi connectivity index (χ2v) is 6.17. The molecule has 134 valence electrons. The molecule has 0 atom stereocenters. The van der Waals surface area contributed by atoms with Gasteiger partial charge in [-0.15, -0.1) is 11.3 Å². The van der Waals surface area contributed by atoms with Crippen molar-refractivity contribution in [1.82, 2.24) is 14.8 Å². The summed E-state index contributed by atoms with van der Waals surface area (Å²) in [7, 11) is 1.45. The van der Waals surface area contributed by atoms with Crippen LogP contribution in [0.25, 0.3) is 0 Å². The lowest BCUT2D eigenvalue weighted by atomic mass is 10.3. The lowest BCUT2D eigenvalue weighted by Gasteiger charge is -2.04. The maximum Gasteiger partial charge on any atom is 0.359 e. The van der Waals surface area contributed by atoms with E-state index in [1.165, 1.54) is 54.8 Å². The van der Waals surface area contributed by atoms with Crippen molar-refractivity contribution in [3.05, 3.63) is 74.3 Å². The van der Waals surface area contributed by atoms with Crippen molar-refractivity contribution in [2.75, 3.05) is 0 Å². The average Bonchev–Trinajstić information content (AvgIpc) is 3.09. The molecular weight excluding hydrogens is 361 g/mol. The van der Waals surface area contributed by atoms with E-state index in [1.54, 1.807) is 5.38 Å². The van der Waals surface area contributed by atoms with Gasteiger partial charge in [0.05, 0.1) is 5.69 Å². The third-order valence-electron chi connectivity index (χ3n) is 3.30. The monoisotopic (exact) mass is 375 g/mol. The van der Waals surface area contributed by atoms with Gasteiger partial charge in [0.15, 0.2) is 5.69 Å². The van der Waals surface area contributed by atoms with Gasteiger partial charge in [0, 0.05) is 18.5 Å². The van der Waals surface area contributed by atoms with E-state index >= 15 is 0 Å². The molecular formula is C17H14FN3O4S. The average molecular weight is 375 g/mol. The molecule has 3 rings (SSSR count). The number of halogens is 1. The van der Waals surface area contributed by atoms with Gasteiger partial charge in [-0.3, -0.25) is 4.79 Å². The second-order valence-electron chi connectivity index (χ2n) is 5.23. The van der Waals surface area contributed by atoms with Gasteiger partial charge >= 0.3 is 5.97 Å². The Hall–Kier alpha value is -3.07. The SMILES string of the molecule is Cn1nc(C(=O)OCc2csc(COc3ccc(F)cc3)n2)ccc1=O. The second kappa shape index (κ2) is 7.87. The van der Waals surface area contributed by atoms with E-state index in [-0.39, 0.29) is 30.3 Å². The molecule has 0 aliphatic heterocycles. The van der Waals surface area contributed by atoms with Crippen LogP contribution in [0.4, 0.5) is 4.39 Å². The third-order valence-corrected chi connectivity index (χ3v) is 4.17. The van der Waals surface area contributed by atoms with Crippen LogP contribution in [0, 0.1) is 5.82 Å². The van der Waals surface area contributed by atoms with E-state index in [0.29, 0.717) is 16.5 Å². The van der Waals surface area contributed by atoms with Crippen LogP contribution in [0.2, 0.25) is 0 Å². The minimum absolute atomic E-state index is 0.0175. The predicted molar refractivity (Wildman–Crippen MR) is 91.4 cm³/mol. The fourth-order valence-corrected chi connectivity index (χ4v) is 2.67. The van der Waals surface area contributed by atoms with Crippen LogP contribution in [0.1, 0.15) is 21.2 Å². The zero-order chi connectivity index (χ0) is 18.5. The first-order chi connectivity index (χ1) is 12.5. The van der Waals surface area contributed by atoms with Crippen LogP contribution in [-0.4, -0.2) is 20.7 Å². The summed E-state index contributed by atoms with van der Waals surface area (Å²) in [6, 6.07) is 8.26. The van der Waals surface area contributed by atoms with E-state index in [2.05, 4.69) is 10.1 Å². The molecule has 2 aromatic heterocycles. The van der Waals surface area contributed by atoms with Crippen molar-refractivity contribution < 1.29 is 18.7 Å². The Bertz CT molecular complexity index is 969. The Morgan fingerprint density at radius 3 is 2.69 bits per heavy atom. The number of hydrogen-bond donors (Lipinski definition) is 0. The van der Waals surface area contributed by atoms with Crippen LogP contribution in [0.5, 0.6) is 5.75 Å². The highest BCUT2D eigenvalue weighted by Crippen LogP contribution is 2.16. The molecule has 2 heterocycles. The molecule has 0 spiro atoms. The molecule has 7 nitrogen and oxygen atoms in total. The summed E-state index contributed by atoms with van der Waals surface area (Å²) in [5.74, 6) is -0.434. The summed E-state index contributed by atoms with van der Waals surface area (Å²) in [5.41, 5.74) is 0.305. The van der Waals surface area contributed by atoms with Crippen LogP contribution >= 0.6 is 11.3 Å². The van der Waals surface area contributed by atoms with Gasteiger partial charge in [-0.1, -0.05) is 0 Å². The highest BCUT2D eigenvalue weighted by Gasteiger charge is 2.12. The quantitative estimate of drug-likeness (QED) is 0.615. The summed E-state index contributed by atoms with van der Waals surface area (Å²) in [6.45, 7) is 0.211. The fourth-order valence-electron chi connectivity index (χ4n) is 1.98. The summed E-state index contributed by atoms with van der Waals surface area (Å²) in [6.07, 6.45) is 0. The molecule has 1 aromatic carbocycles. The fraction of sp³-hybridized carbons (Fsp3) is 0.176. The van der Waals surface area contributed by atoms with E-state index in [9.17, 15) is 14.0 Å². The predicted octanol–water partition coefficient (Wildman–Crippen LogP) is 2.31. The lowest BCUT2D eigenvalue weighted by Crippen LogP contribution is -2.21. The zero-order valence-electron chi connectivity index (χ0n) is 13.7. The first-order valence-electron chi connectivity index (χ1n) is 7.54. The number of nitrogens with zero attached hydrogens (tertiary/aromatic N) is 3. The number of benzene rings is 1. The molecule has 0 saturated heterocycles. The van der Waals surface area contributed by atoms with Crippen molar-refractivity contribution >= 4 is 17.3 Å². The number of aryl methyl sites for hydroxylation is 1. The summed E-state index contributed by atoms with van der Waals surface area (Å²) in [5, 5.41) is 6.27. The number of esters is 1. The number of thiazole rings is 1. The number of aromatic nitrogens is 3. The maximum absolute atomic E-state index is 12.8. The first kappa shape index (κ1) is 17.7. The van der Waals surface area contributed by atoms with Gasteiger partial charge in [0.2, 0.25) is 0 Å². The summed E-state index contributed by atoms with van der Waals surface area (Å²) >= 11 is 1.36. The number of rotatable bonds is 6. The van der Waals surface area contributed by atoms with Gasteiger partial charge < -0.3 is 9.47 Å². The van der Waals surface area contributed by atoms with Crippen molar-refractivity contribution in [2.45, 2.75) is 13.2 Å². The van der Waals surface area contributed by atoms with Gasteiger partial charge in [-0.25, -0.2) is 18.9 Å². The number of hydrogen-bond acceptors (Lipinski definition) is 7. The topological polar surface area (TPSA) is 83.3 Å². The molecule has 0 aliphatic rings. The minimum atomic E-state index is -0.641. The van der Waals surface area contributed by atoms with Gasteiger partial charge in [-0.05, 0) is 30.3 Å². The van der Waals surface area contributed by atoms with Gasteiger partial charge in [-0.2, -0.15) is 5.10 Å². The van der Waals surface area contributed by atoms with Gasteiger partial charge in [0.25, 0.3) is 5.56 Å². The zero-order valence-corrected chi connectivity index (χ0v) is 14.5. The van der Waals surface area contributed by atoms with E-state index in [0.717, 1.165) is 4.68 Å². The third kappa shape index (κ3) is 4.51. The smallest absolute Gasteiger partial charge is 0.359 e.